The van der Waals surface area contributed by atoms with Crippen LogP contribution in [0.1, 0.15) is 0 Å². The van der Waals surface area contributed by atoms with Crippen LogP contribution in [0.2, 0.25) is 5.15 Å². The largest absolute Gasteiger partial charge is 0.510 e. The number of anilines is 1. The van der Waals surface area contributed by atoms with Gasteiger partial charge in [-0.1, -0.05) is 0 Å². The molecule has 2 N–H and O–H groups in total. The summed E-state index contributed by atoms with van der Waals surface area (Å²) < 4.78 is 0. The summed E-state index contributed by atoms with van der Waals surface area (Å²) in [6.45, 7) is 0. The zero-order chi connectivity index (χ0) is 10.9. The number of nitrogen functional groups attached to an aromatic ring is 1. The highest BCUT2D eigenvalue weighted by molar-refractivity contribution is 6.32. The minimum absolute atomic E-state index is 0.498. The molecule has 14 heavy (non-hydrogen) atoms. The molecule has 1 aromatic heterocycles. The van der Waals surface area contributed by atoms with Crippen LogP contribution in [0, 0.1) is 20.2 Å². The Hall–Kier alpha value is -2.03. The van der Waals surface area contributed by atoms with Crippen LogP contribution in [0.3, 0.4) is 0 Å². The fourth-order valence-electron chi connectivity index (χ4n) is 0.641. The summed E-state index contributed by atoms with van der Waals surface area (Å²) in [5.41, 5.74) is 4.63. The Labute approximate surface area is 80.8 Å². The zero-order valence-corrected chi connectivity index (χ0v) is 7.13. The summed E-state index contributed by atoms with van der Waals surface area (Å²) in [6.07, 6.45) is 0. The molecule has 0 aliphatic heterocycles. The van der Waals surface area contributed by atoms with Crippen molar-refractivity contribution in [3.05, 3.63) is 25.4 Å². The van der Waals surface area contributed by atoms with E-state index in [4.69, 9.17) is 17.3 Å². The van der Waals surface area contributed by atoms with Crippen molar-refractivity contribution < 1.29 is 9.85 Å². The molecule has 0 aromatic carbocycles. The van der Waals surface area contributed by atoms with E-state index in [0.29, 0.717) is 0 Å². The van der Waals surface area contributed by atoms with E-state index in [1.54, 1.807) is 0 Å². The minimum atomic E-state index is -1.00. The number of halogens is 1. The fourth-order valence-corrected chi connectivity index (χ4v) is 0.801. The van der Waals surface area contributed by atoms with E-state index in [2.05, 4.69) is 9.97 Å². The number of aromatic nitrogens is 2. The van der Waals surface area contributed by atoms with Crippen molar-refractivity contribution in [1.29, 1.82) is 0 Å². The van der Waals surface area contributed by atoms with E-state index in [-0.39, 0.29) is 0 Å². The lowest BCUT2D eigenvalue weighted by Gasteiger charge is -1.96. The van der Waals surface area contributed by atoms with Gasteiger partial charge in [0, 0.05) is 4.98 Å². The molecule has 1 aromatic rings. The molecule has 0 amide bonds. The lowest BCUT2D eigenvalue weighted by Crippen LogP contribution is -2.05. The molecule has 74 valence electrons. The molecule has 10 heteroatoms. The Morgan fingerprint density at radius 3 is 2.21 bits per heavy atom. The van der Waals surface area contributed by atoms with E-state index < -0.39 is 32.5 Å². The SMILES string of the molecule is Nc1c(Cl)nc([N+](=O)[O-])nc1[N+](=O)[O-]. The summed E-state index contributed by atoms with van der Waals surface area (Å²) in [5.74, 6) is -1.84. The second-order valence-corrected chi connectivity index (χ2v) is 2.42. The quantitative estimate of drug-likeness (QED) is 0.435. The predicted octanol–water partition coefficient (Wildman–Crippen LogP) is 0.529. The van der Waals surface area contributed by atoms with Gasteiger partial charge in [-0.3, -0.25) is 0 Å². The second-order valence-electron chi connectivity index (χ2n) is 2.07. The Bertz CT molecular complexity index is 420. The first-order chi connectivity index (χ1) is 6.43. The number of hydrogen-bond donors (Lipinski definition) is 1. The van der Waals surface area contributed by atoms with Gasteiger partial charge >= 0.3 is 11.8 Å². The van der Waals surface area contributed by atoms with Gasteiger partial charge in [0.2, 0.25) is 5.15 Å². The molecule has 0 aliphatic rings. The van der Waals surface area contributed by atoms with Crippen LogP contribution in [0.15, 0.2) is 0 Å². The fraction of sp³-hybridized carbons (Fsp3) is 0. The van der Waals surface area contributed by atoms with Crippen LogP contribution in [-0.2, 0) is 0 Å². The average Bonchev–Trinajstić information content (AvgIpc) is 2.08. The van der Waals surface area contributed by atoms with Crippen LogP contribution in [0.25, 0.3) is 0 Å². The molecule has 0 atom stereocenters. The molecule has 0 bridgehead atoms. The lowest BCUT2D eigenvalue weighted by atomic mass is 10.5. The molecule has 0 saturated heterocycles. The number of hydrogen-bond acceptors (Lipinski definition) is 7. The van der Waals surface area contributed by atoms with Crippen molar-refractivity contribution in [2.45, 2.75) is 0 Å². The molecule has 1 heterocycles. The Morgan fingerprint density at radius 1 is 1.21 bits per heavy atom. The van der Waals surface area contributed by atoms with E-state index in [1.165, 1.54) is 0 Å². The highest BCUT2D eigenvalue weighted by Crippen LogP contribution is 2.27. The van der Waals surface area contributed by atoms with Gasteiger partial charge in [0.25, 0.3) is 0 Å². The summed E-state index contributed by atoms with van der Waals surface area (Å²) in [6, 6.07) is 0. The Kier molecular flexibility index (Phi) is 2.42. The van der Waals surface area contributed by atoms with Gasteiger partial charge in [0.05, 0.1) is 0 Å². The average molecular weight is 220 g/mol. The summed E-state index contributed by atoms with van der Waals surface area (Å²) in [7, 11) is 0. The van der Waals surface area contributed by atoms with E-state index in [1.807, 2.05) is 0 Å². The monoisotopic (exact) mass is 219 g/mol. The molecule has 0 unspecified atom stereocenters. The first-order valence-corrected chi connectivity index (χ1v) is 3.43. The molecule has 0 aliphatic carbocycles. The molecule has 0 spiro atoms. The zero-order valence-electron chi connectivity index (χ0n) is 6.38. The van der Waals surface area contributed by atoms with Gasteiger partial charge in [-0.2, -0.15) is 0 Å². The van der Waals surface area contributed by atoms with Crippen molar-refractivity contribution in [2.75, 3.05) is 5.73 Å². The molecule has 9 nitrogen and oxygen atoms in total. The third-order valence-corrected chi connectivity index (χ3v) is 1.49. The third-order valence-electron chi connectivity index (χ3n) is 1.20. The molecule has 0 fully saturated rings. The first kappa shape index (κ1) is 10.1. The van der Waals surface area contributed by atoms with E-state index in [0.717, 1.165) is 0 Å². The number of rotatable bonds is 2. The molecule has 1 rings (SSSR count). The van der Waals surface area contributed by atoms with Crippen molar-refractivity contribution in [1.82, 2.24) is 9.97 Å². The maximum atomic E-state index is 10.3. The summed E-state index contributed by atoms with van der Waals surface area (Å²) in [5, 5.41) is 20.0. The van der Waals surface area contributed by atoms with Crippen molar-refractivity contribution in [3.63, 3.8) is 0 Å². The highest BCUT2D eigenvalue weighted by atomic mass is 35.5. The van der Waals surface area contributed by atoms with Gasteiger partial charge < -0.3 is 26.0 Å². The first-order valence-electron chi connectivity index (χ1n) is 3.05. The van der Waals surface area contributed by atoms with E-state index in [9.17, 15) is 20.2 Å². The molecule has 0 saturated carbocycles. The molecule has 0 radical (unpaired) electrons. The van der Waals surface area contributed by atoms with Gasteiger partial charge in [0.15, 0.2) is 5.69 Å². The maximum Gasteiger partial charge on any atom is 0.510 e. The van der Waals surface area contributed by atoms with Gasteiger partial charge in [0.1, 0.15) is 0 Å². The van der Waals surface area contributed by atoms with Crippen LogP contribution in [0.5, 0.6) is 0 Å². The summed E-state index contributed by atoms with van der Waals surface area (Å²) >= 11 is 5.32. The van der Waals surface area contributed by atoms with Crippen molar-refractivity contribution >= 4 is 29.1 Å². The minimum Gasteiger partial charge on any atom is -0.389 e. The van der Waals surface area contributed by atoms with Gasteiger partial charge in [-0.05, 0) is 26.4 Å². The Morgan fingerprint density at radius 2 is 1.79 bits per heavy atom. The lowest BCUT2D eigenvalue weighted by molar-refractivity contribution is -0.405. The maximum absolute atomic E-state index is 10.3. The molecular weight excluding hydrogens is 218 g/mol. The van der Waals surface area contributed by atoms with Crippen molar-refractivity contribution in [2.24, 2.45) is 0 Å². The molecular formula is C4H2ClN5O4. The van der Waals surface area contributed by atoms with Crippen LogP contribution in [0.4, 0.5) is 17.5 Å². The summed E-state index contributed by atoms with van der Waals surface area (Å²) in [4.78, 5) is 24.7. The topological polar surface area (TPSA) is 138 Å². The predicted molar refractivity (Wildman–Crippen MR) is 44.8 cm³/mol. The van der Waals surface area contributed by atoms with Gasteiger partial charge in [-0.15, -0.1) is 0 Å². The number of nitro groups is 2. The Balaban J connectivity index is 3.43. The third kappa shape index (κ3) is 1.66. The van der Waals surface area contributed by atoms with Crippen molar-refractivity contribution in [3.8, 4) is 0 Å². The smallest absolute Gasteiger partial charge is 0.389 e. The second kappa shape index (κ2) is 3.38. The van der Waals surface area contributed by atoms with Gasteiger partial charge in [-0.25, -0.2) is 0 Å². The number of nitrogens with two attached hydrogens (primary N) is 1. The van der Waals surface area contributed by atoms with Crippen LogP contribution >= 0.6 is 11.6 Å². The highest BCUT2D eigenvalue weighted by Gasteiger charge is 2.26. The standard InChI is InChI=1S/C4H2ClN5O4/c5-2-1(6)3(9(11)12)8-4(7-2)10(13)14/h6H2. The van der Waals surface area contributed by atoms with E-state index >= 15 is 0 Å². The normalized spacial score (nSPS) is 9.79. The van der Waals surface area contributed by atoms with Crippen LogP contribution < -0.4 is 5.73 Å². The number of nitrogens with zero attached hydrogens (tertiary/aromatic N) is 4. The van der Waals surface area contributed by atoms with Crippen LogP contribution in [-0.4, -0.2) is 19.8 Å².